The number of halogens is 1. The summed E-state index contributed by atoms with van der Waals surface area (Å²) >= 11 is 0. The maximum atomic E-state index is 13.0. The molecule has 1 aliphatic heterocycles. The summed E-state index contributed by atoms with van der Waals surface area (Å²) in [6.07, 6.45) is 3.18. The first-order chi connectivity index (χ1) is 12.0. The zero-order valence-electron chi connectivity index (χ0n) is 13.5. The van der Waals surface area contributed by atoms with Crippen LogP contribution >= 0.6 is 0 Å². The largest absolute Gasteiger partial charge is 0.389 e. The molecule has 1 fully saturated rings. The van der Waals surface area contributed by atoms with E-state index in [1.165, 1.54) is 30.7 Å². The van der Waals surface area contributed by atoms with Crippen LogP contribution < -0.4 is 5.32 Å². The predicted molar refractivity (Wildman–Crippen MR) is 87.0 cm³/mol. The summed E-state index contributed by atoms with van der Waals surface area (Å²) < 4.78 is 13.0. The van der Waals surface area contributed by atoms with Crippen LogP contribution in [-0.2, 0) is 6.54 Å². The van der Waals surface area contributed by atoms with Crippen molar-refractivity contribution in [3.8, 4) is 0 Å². The fraction of sp³-hybridized carbons (Fsp3) is 0.353. The summed E-state index contributed by atoms with van der Waals surface area (Å²) in [6, 6.07) is 6.06. The monoisotopic (exact) mass is 346 g/mol. The van der Waals surface area contributed by atoms with Crippen LogP contribution in [0.3, 0.4) is 0 Å². The van der Waals surface area contributed by atoms with Crippen LogP contribution in [0, 0.1) is 5.82 Å². The topological polar surface area (TPSA) is 98.6 Å². The molecule has 0 bridgehead atoms. The number of aromatic nitrogens is 2. The Morgan fingerprint density at radius 1 is 1.36 bits per heavy atom. The highest BCUT2D eigenvalue weighted by molar-refractivity contribution is 5.91. The van der Waals surface area contributed by atoms with Gasteiger partial charge in [-0.25, -0.2) is 9.37 Å². The number of benzene rings is 1. The average molecular weight is 346 g/mol. The Morgan fingerprint density at radius 2 is 2.12 bits per heavy atom. The molecule has 0 unspecified atom stereocenters. The molecule has 2 heterocycles. The standard InChI is InChI=1S/C17H19FN4O3/c18-13-3-1-12(2-4-13)8-22-9-15(23)17(25,11-22)10-21-16(24)14-7-19-5-6-20-14/h1-7,15,23,25H,8-11H2,(H,21,24)/t15-,17+/m1/s1. The molecule has 1 saturated heterocycles. The molecule has 0 saturated carbocycles. The highest BCUT2D eigenvalue weighted by Gasteiger charge is 2.44. The Hall–Kier alpha value is -2.42. The minimum absolute atomic E-state index is 0.108. The van der Waals surface area contributed by atoms with Gasteiger partial charge in [-0.1, -0.05) is 12.1 Å². The summed E-state index contributed by atoms with van der Waals surface area (Å²) in [6.45, 7) is 0.808. The third-order valence-electron chi connectivity index (χ3n) is 4.22. The van der Waals surface area contributed by atoms with Gasteiger partial charge in [-0.15, -0.1) is 0 Å². The molecule has 8 heteroatoms. The van der Waals surface area contributed by atoms with Gasteiger partial charge in [0.2, 0.25) is 0 Å². The second kappa shape index (κ2) is 7.22. The lowest BCUT2D eigenvalue weighted by Gasteiger charge is -2.26. The van der Waals surface area contributed by atoms with Gasteiger partial charge in [0, 0.05) is 32.0 Å². The molecule has 1 aliphatic rings. The van der Waals surface area contributed by atoms with Gasteiger partial charge in [0.05, 0.1) is 18.8 Å². The van der Waals surface area contributed by atoms with E-state index in [4.69, 9.17) is 0 Å². The van der Waals surface area contributed by atoms with Crippen molar-refractivity contribution in [1.29, 1.82) is 0 Å². The first-order valence-electron chi connectivity index (χ1n) is 7.88. The summed E-state index contributed by atoms with van der Waals surface area (Å²) in [7, 11) is 0. The maximum absolute atomic E-state index is 13.0. The van der Waals surface area contributed by atoms with Crippen LogP contribution in [0.1, 0.15) is 16.1 Å². The molecule has 132 valence electrons. The van der Waals surface area contributed by atoms with Crippen molar-refractivity contribution in [1.82, 2.24) is 20.2 Å². The quantitative estimate of drug-likeness (QED) is 0.702. The summed E-state index contributed by atoms with van der Waals surface area (Å²) in [5, 5.41) is 23.4. The number of likely N-dealkylation sites (tertiary alicyclic amines) is 1. The lowest BCUT2D eigenvalue weighted by Crippen LogP contribution is -2.51. The molecule has 2 aromatic rings. The van der Waals surface area contributed by atoms with E-state index in [-0.39, 0.29) is 31.1 Å². The van der Waals surface area contributed by atoms with Crippen LogP contribution in [0.4, 0.5) is 4.39 Å². The smallest absolute Gasteiger partial charge is 0.271 e. The Morgan fingerprint density at radius 3 is 2.80 bits per heavy atom. The zero-order chi connectivity index (χ0) is 17.9. The molecule has 0 aliphatic carbocycles. The molecule has 2 atom stereocenters. The van der Waals surface area contributed by atoms with Gasteiger partial charge >= 0.3 is 0 Å². The van der Waals surface area contributed by atoms with Crippen molar-refractivity contribution < 1.29 is 19.4 Å². The third-order valence-corrected chi connectivity index (χ3v) is 4.22. The second-order valence-electron chi connectivity index (χ2n) is 6.19. The Bertz CT molecular complexity index is 728. The first-order valence-corrected chi connectivity index (χ1v) is 7.88. The molecule has 3 N–H and O–H groups in total. The highest BCUT2D eigenvalue weighted by atomic mass is 19.1. The van der Waals surface area contributed by atoms with E-state index in [9.17, 15) is 19.4 Å². The third kappa shape index (κ3) is 4.16. The number of nitrogens with zero attached hydrogens (tertiary/aromatic N) is 3. The molecule has 1 amide bonds. The van der Waals surface area contributed by atoms with Crippen molar-refractivity contribution in [3.63, 3.8) is 0 Å². The van der Waals surface area contributed by atoms with Crippen molar-refractivity contribution in [3.05, 3.63) is 59.9 Å². The number of carbonyl (C=O) groups excluding carboxylic acids is 1. The molecule has 1 aromatic heterocycles. The highest BCUT2D eigenvalue weighted by Crippen LogP contribution is 2.23. The van der Waals surface area contributed by atoms with E-state index < -0.39 is 17.6 Å². The van der Waals surface area contributed by atoms with Crippen molar-refractivity contribution in [2.75, 3.05) is 19.6 Å². The van der Waals surface area contributed by atoms with Crippen LogP contribution in [0.15, 0.2) is 42.9 Å². The first kappa shape index (κ1) is 17.4. The number of hydrogen-bond donors (Lipinski definition) is 3. The fourth-order valence-corrected chi connectivity index (χ4v) is 2.85. The average Bonchev–Trinajstić information content (AvgIpc) is 2.90. The summed E-state index contributed by atoms with van der Waals surface area (Å²) in [5.41, 5.74) is -0.444. The molecule has 0 radical (unpaired) electrons. The molecular formula is C17H19FN4O3. The van der Waals surface area contributed by atoms with E-state index in [2.05, 4.69) is 15.3 Å². The SMILES string of the molecule is O=C(NC[C@]1(O)CN(Cc2ccc(F)cc2)C[C@H]1O)c1cnccn1. The lowest BCUT2D eigenvalue weighted by molar-refractivity contribution is -0.0377. The Balaban J connectivity index is 1.58. The number of rotatable bonds is 5. The minimum Gasteiger partial charge on any atom is -0.389 e. The fourth-order valence-electron chi connectivity index (χ4n) is 2.85. The van der Waals surface area contributed by atoms with E-state index in [1.54, 1.807) is 12.1 Å². The zero-order valence-corrected chi connectivity index (χ0v) is 13.5. The Labute approximate surface area is 144 Å². The molecule has 0 spiro atoms. The van der Waals surface area contributed by atoms with Gasteiger partial charge in [-0.05, 0) is 17.7 Å². The van der Waals surface area contributed by atoms with Crippen LogP contribution in [0.5, 0.6) is 0 Å². The van der Waals surface area contributed by atoms with E-state index in [1.807, 2.05) is 4.90 Å². The number of amides is 1. The van der Waals surface area contributed by atoms with Gasteiger partial charge in [-0.3, -0.25) is 14.7 Å². The number of β-amino-alcohol motifs (C(OH)–C–C–N with tert-alkyl or cyclic N) is 2. The summed E-state index contributed by atoms with van der Waals surface area (Å²) in [5.74, 6) is -0.779. The maximum Gasteiger partial charge on any atom is 0.271 e. The van der Waals surface area contributed by atoms with Gasteiger partial charge in [0.25, 0.3) is 5.91 Å². The molecule has 25 heavy (non-hydrogen) atoms. The Kier molecular flexibility index (Phi) is 5.03. The van der Waals surface area contributed by atoms with E-state index >= 15 is 0 Å². The van der Waals surface area contributed by atoms with E-state index in [0.29, 0.717) is 6.54 Å². The second-order valence-corrected chi connectivity index (χ2v) is 6.19. The number of aliphatic hydroxyl groups excluding tert-OH is 1. The van der Waals surface area contributed by atoms with Crippen LogP contribution in [0.25, 0.3) is 0 Å². The normalized spacial score (nSPS) is 23.6. The predicted octanol–water partition coefficient (Wildman–Crippen LogP) is -0.0467. The number of nitrogens with one attached hydrogen (secondary N) is 1. The van der Waals surface area contributed by atoms with Gasteiger partial charge in [-0.2, -0.15) is 0 Å². The van der Waals surface area contributed by atoms with Gasteiger partial charge in [0.1, 0.15) is 17.1 Å². The van der Waals surface area contributed by atoms with Crippen LogP contribution in [0.2, 0.25) is 0 Å². The molecular weight excluding hydrogens is 327 g/mol. The van der Waals surface area contributed by atoms with E-state index in [0.717, 1.165) is 5.56 Å². The van der Waals surface area contributed by atoms with Gasteiger partial charge in [0.15, 0.2) is 0 Å². The van der Waals surface area contributed by atoms with Crippen LogP contribution in [-0.4, -0.2) is 62.3 Å². The number of carbonyl (C=O) groups is 1. The number of aliphatic hydroxyl groups is 2. The van der Waals surface area contributed by atoms with Gasteiger partial charge < -0.3 is 15.5 Å². The van der Waals surface area contributed by atoms with Crippen molar-refractivity contribution in [2.24, 2.45) is 0 Å². The van der Waals surface area contributed by atoms with Crippen molar-refractivity contribution >= 4 is 5.91 Å². The molecule has 1 aromatic carbocycles. The molecule has 7 nitrogen and oxygen atoms in total. The number of hydrogen-bond acceptors (Lipinski definition) is 6. The minimum atomic E-state index is -1.46. The summed E-state index contributed by atoms with van der Waals surface area (Å²) in [4.78, 5) is 21.5. The molecule has 3 rings (SSSR count). The lowest BCUT2D eigenvalue weighted by atomic mass is 10.0. The van der Waals surface area contributed by atoms with Crippen molar-refractivity contribution in [2.45, 2.75) is 18.2 Å².